The van der Waals surface area contributed by atoms with Crippen molar-refractivity contribution in [1.29, 1.82) is 0 Å². The van der Waals surface area contributed by atoms with E-state index in [-0.39, 0.29) is 11.8 Å². The second-order valence-corrected chi connectivity index (χ2v) is 7.24. The Morgan fingerprint density at radius 3 is 3.12 bits per heavy atom. The number of fused-ring (bicyclic) bond motifs is 1. The van der Waals surface area contributed by atoms with E-state index in [9.17, 15) is 4.79 Å². The maximum absolute atomic E-state index is 12.8. The number of aromatic nitrogens is 2. The van der Waals surface area contributed by atoms with E-state index >= 15 is 0 Å². The van der Waals surface area contributed by atoms with E-state index in [0.29, 0.717) is 6.54 Å². The monoisotopic (exact) mass is 351 g/mol. The number of amides is 1. The van der Waals surface area contributed by atoms with Crippen LogP contribution in [0.2, 0.25) is 0 Å². The predicted octanol–water partition coefficient (Wildman–Crippen LogP) is 4.38. The summed E-state index contributed by atoms with van der Waals surface area (Å²) in [7, 11) is 0. The topological polar surface area (TPSA) is 46.9 Å². The van der Waals surface area contributed by atoms with Crippen LogP contribution in [0.3, 0.4) is 0 Å². The number of nitrogens with zero attached hydrogens (tertiary/aromatic N) is 2. The number of rotatable bonds is 4. The number of carbonyl (C=O) groups is 1. The van der Waals surface area contributed by atoms with Gasteiger partial charge in [-0.2, -0.15) is 11.3 Å². The number of carbonyl (C=O) groups excluding carboxylic acids is 1. The van der Waals surface area contributed by atoms with Gasteiger partial charge >= 0.3 is 0 Å². The van der Waals surface area contributed by atoms with Gasteiger partial charge in [0.1, 0.15) is 5.82 Å². The predicted molar refractivity (Wildman–Crippen MR) is 102 cm³/mol. The van der Waals surface area contributed by atoms with Crippen LogP contribution in [0, 0.1) is 5.92 Å². The summed E-state index contributed by atoms with van der Waals surface area (Å²) < 4.78 is 2.21. The lowest BCUT2D eigenvalue weighted by Crippen LogP contribution is -2.31. The summed E-state index contributed by atoms with van der Waals surface area (Å²) in [6, 6.07) is 10.2. The quantitative estimate of drug-likeness (QED) is 0.758. The van der Waals surface area contributed by atoms with Gasteiger partial charge in [-0.15, -0.1) is 0 Å². The summed E-state index contributed by atoms with van der Waals surface area (Å²) in [4.78, 5) is 17.3. The van der Waals surface area contributed by atoms with E-state index in [2.05, 4.69) is 50.8 Å². The summed E-state index contributed by atoms with van der Waals surface area (Å²) in [6.07, 6.45) is 4.59. The highest BCUT2D eigenvalue weighted by Gasteiger charge is 2.27. The van der Waals surface area contributed by atoms with Crippen LogP contribution in [0.15, 0.2) is 47.3 Å². The van der Waals surface area contributed by atoms with Crippen molar-refractivity contribution < 1.29 is 4.79 Å². The Morgan fingerprint density at radius 2 is 2.32 bits per heavy atom. The largest absolute Gasteiger partial charge is 0.327 e. The summed E-state index contributed by atoms with van der Waals surface area (Å²) in [6.45, 7) is 2.81. The number of hydrogen-bond donors (Lipinski definition) is 1. The minimum atomic E-state index is -0.0237. The third-order valence-electron chi connectivity index (χ3n) is 4.85. The van der Waals surface area contributed by atoms with Crippen molar-refractivity contribution in [2.24, 2.45) is 5.92 Å². The second-order valence-electron chi connectivity index (χ2n) is 6.46. The van der Waals surface area contributed by atoms with E-state index in [1.807, 2.05) is 18.3 Å². The van der Waals surface area contributed by atoms with Crippen molar-refractivity contribution in [2.75, 3.05) is 5.32 Å². The molecule has 128 valence electrons. The maximum atomic E-state index is 12.8. The van der Waals surface area contributed by atoms with Gasteiger partial charge in [0.05, 0.1) is 17.8 Å². The third kappa shape index (κ3) is 3.24. The van der Waals surface area contributed by atoms with Gasteiger partial charge in [0.15, 0.2) is 0 Å². The number of aryl methyl sites for hydroxylation is 2. The van der Waals surface area contributed by atoms with Crippen molar-refractivity contribution in [3.05, 3.63) is 58.7 Å². The normalized spacial score (nSPS) is 16.4. The molecule has 1 amide bonds. The molecule has 4 nitrogen and oxygen atoms in total. The summed E-state index contributed by atoms with van der Waals surface area (Å²) in [5.74, 6) is 1.16. The molecule has 1 aliphatic heterocycles. The van der Waals surface area contributed by atoms with Crippen LogP contribution in [-0.4, -0.2) is 15.5 Å². The van der Waals surface area contributed by atoms with Crippen molar-refractivity contribution >= 4 is 22.9 Å². The van der Waals surface area contributed by atoms with Crippen molar-refractivity contribution in [3.8, 4) is 11.3 Å². The minimum absolute atomic E-state index is 0.0237. The molecule has 1 N–H and O–H groups in total. The van der Waals surface area contributed by atoms with Gasteiger partial charge in [-0.05, 0) is 42.0 Å². The Balaban J connectivity index is 1.52. The van der Waals surface area contributed by atoms with Crippen molar-refractivity contribution in [3.63, 3.8) is 0 Å². The molecule has 0 bridgehead atoms. The van der Waals surface area contributed by atoms with Crippen LogP contribution >= 0.6 is 11.3 Å². The first kappa shape index (κ1) is 16.1. The average molecular weight is 351 g/mol. The van der Waals surface area contributed by atoms with Crippen LogP contribution in [0.25, 0.3) is 11.3 Å². The fourth-order valence-corrected chi connectivity index (χ4v) is 4.05. The average Bonchev–Trinajstić information content (AvgIpc) is 3.30. The van der Waals surface area contributed by atoms with Gasteiger partial charge in [-0.3, -0.25) is 4.79 Å². The molecular weight excluding hydrogens is 330 g/mol. The zero-order chi connectivity index (χ0) is 17.2. The molecule has 1 aromatic carbocycles. The molecular formula is C20H21N3OS. The first-order valence-electron chi connectivity index (χ1n) is 8.71. The molecule has 0 aliphatic carbocycles. The van der Waals surface area contributed by atoms with Crippen LogP contribution < -0.4 is 5.32 Å². The third-order valence-corrected chi connectivity index (χ3v) is 5.53. The van der Waals surface area contributed by atoms with E-state index in [1.54, 1.807) is 11.3 Å². The van der Waals surface area contributed by atoms with Gasteiger partial charge in [0.2, 0.25) is 5.91 Å². The molecule has 0 saturated heterocycles. The zero-order valence-electron chi connectivity index (χ0n) is 14.2. The van der Waals surface area contributed by atoms with E-state index in [1.165, 1.54) is 11.1 Å². The molecule has 0 radical (unpaired) electrons. The van der Waals surface area contributed by atoms with Gasteiger partial charge in [-0.1, -0.05) is 19.1 Å². The van der Waals surface area contributed by atoms with Crippen LogP contribution in [-0.2, 0) is 24.2 Å². The number of hydrogen-bond acceptors (Lipinski definition) is 3. The number of imidazole rings is 1. The second kappa shape index (κ2) is 6.84. The van der Waals surface area contributed by atoms with Gasteiger partial charge < -0.3 is 9.88 Å². The highest BCUT2D eigenvalue weighted by Crippen LogP contribution is 2.29. The van der Waals surface area contributed by atoms with Gasteiger partial charge in [0, 0.05) is 29.6 Å². The molecule has 1 unspecified atom stereocenters. The molecule has 3 aromatic rings. The first-order valence-corrected chi connectivity index (χ1v) is 9.65. The Morgan fingerprint density at radius 1 is 1.40 bits per heavy atom. The number of anilines is 1. The zero-order valence-corrected chi connectivity index (χ0v) is 15.1. The van der Waals surface area contributed by atoms with Gasteiger partial charge in [-0.25, -0.2) is 4.98 Å². The summed E-state index contributed by atoms with van der Waals surface area (Å²) >= 11 is 1.68. The Bertz CT molecular complexity index is 882. The fraction of sp³-hybridized carbons (Fsp3) is 0.300. The minimum Gasteiger partial charge on any atom is -0.327 e. The van der Waals surface area contributed by atoms with Crippen molar-refractivity contribution in [1.82, 2.24) is 9.55 Å². The molecule has 2 aromatic heterocycles. The lowest BCUT2D eigenvalue weighted by Gasteiger charge is -2.24. The molecule has 4 rings (SSSR count). The number of thiophene rings is 1. The summed E-state index contributed by atoms with van der Waals surface area (Å²) in [5, 5.41) is 7.29. The lowest BCUT2D eigenvalue weighted by atomic mass is 9.98. The van der Waals surface area contributed by atoms with Crippen LogP contribution in [0.4, 0.5) is 5.69 Å². The molecule has 1 aliphatic rings. The molecule has 0 fully saturated rings. The standard InChI is InChI=1S/C20H21N3OS/c1-2-14-4-3-5-17(10-14)22-20(24)15-6-7-19-21-11-18(23(19)12-15)16-8-9-25-13-16/h3-5,8-11,13,15H,2,6-7,12H2,1H3,(H,22,24). The molecule has 1 atom stereocenters. The molecule has 3 heterocycles. The Hall–Kier alpha value is -2.40. The first-order chi connectivity index (χ1) is 12.2. The number of benzene rings is 1. The molecule has 25 heavy (non-hydrogen) atoms. The molecule has 0 spiro atoms. The fourth-order valence-electron chi connectivity index (χ4n) is 3.40. The molecule has 5 heteroatoms. The highest BCUT2D eigenvalue weighted by atomic mass is 32.1. The summed E-state index contributed by atoms with van der Waals surface area (Å²) in [5.41, 5.74) is 4.42. The van der Waals surface area contributed by atoms with Gasteiger partial charge in [0.25, 0.3) is 0 Å². The van der Waals surface area contributed by atoms with E-state index in [4.69, 9.17) is 0 Å². The SMILES string of the molecule is CCc1cccc(NC(=O)C2CCc3ncc(-c4ccsc4)n3C2)c1. The Kier molecular flexibility index (Phi) is 4.40. The lowest BCUT2D eigenvalue weighted by molar-refractivity contribution is -0.120. The smallest absolute Gasteiger partial charge is 0.229 e. The highest BCUT2D eigenvalue weighted by molar-refractivity contribution is 7.08. The molecule has 0 saturated carbocycles. The van der Waals surface area contributed by atoms with E-state index in [0.717, 1.165) is 36.5 Å². The maximum Gasteiger partial charge on any atom is 0.229 e. The van der Waals surface area contributed by atoms with Crippen molar-refractivity contribution in [2.45, 2.75) is 32.7 Å². The Labute approximate surface area is 151 Å². The van der Waals surface area contributed by atoms with Crippen LogP contribution in [0.5, 0.6) is 0 Å². The number of nitrogens with one attached hydrogen (secondary N) is 1. The van der Waals surface area contributed by atoms with Crippen LogP contribution in [0.1, 0.15) is 24.7 Å². The van der Waals surface area contributed by atoms with E-state index < -0.39 is 0 Å².